The molecule has 2 aromatic rings. The largest absolute Gasteiger partial charge is 0.443 e. The first-order valence-corrected chi connectivity index (χ1v) is 8.26. The highest BCUT2D eigenvalue weighted by Crippen LogP contribution is 2.17. The van der Waals surface area contributed by atoms with Gasteiger partial charge in [0.1, 0.15) is 18.1 Å². The summed E-state index contributed by atoms with van der Waals surface area (Å²) < 4.78 is 20.3. The van der Waals surface area contributed by atoms with Crippen molar-refractivity contribution in [1.29, 1.82) is 0 Å². The van der Waals surface area contributed by atoms with Crippen LogP contribution in [0.25, 0.3) is 0 Å². The van der Waals surface area contributed by atoms with Crippen LogP contribution in [-0.4, -0.2) is 27.1 Å². The molecule has 1 heterocycles. The van der Waals surface area contributed by atoms with Gasteiger partial charge in [-0.05, 0) is 18.9 Å². The van der Waals surface area contributed by atoms with Crippen LogP contribution in [-0.2, 0) is 17.9 Å². The number of halogens is 1. The van der Waals surface area contributed by atoms with Crippen molar-refractivity contribution < 1.29 is 13.9 Å². The van der Waals surface area contributed by atoms with E-state index in [9.17, 15) is 9.18 Å². The average molecular weight is 332 g/mol. The second-order valence-electron chi connectivity index (χ2n) is 6.05. The normalized spacial score (nSPS) is 15.2. The molecular weight excluding hydrogens is 311 g/mol. The summed E-state index contributed by atoms with van der Waals surface area (Å²) in [6, 6.07) is 6.73. The van der Waals surface area contributed by atoms with E-state index in [1.807, 2.05) is 0 Å². The first-order chi connectivity index (χ1) is 11.7. The number of rotatable bonds is 5. The maximum absolute atomic E-state index is 13.6. The predicted molar refractivity (Wildman–Crippen MR) is 85.7 cm³/mol. The molecule has 0 spiro atoms. The van der Waals surface area contributed by atoms with Gasteiger partial charge in [-0.1, -0.05) is 42.7 Å². The van der Waals surface area contributed by atoms with Crippen LogP contribution in [0.1, 0.15) is 43.4 Å². The first kappa shape index (κ1) is 16.4. The van der Waals surface area contributed by atoms with Crippen LogP contribution >= 0.6 is 0 Å². The van der Waals surface area contributed by atoms with Crippen LogP contribution in [0.15, 0.2) is 30.5 Å². The molecule has 0 atom stereocenters. The number of amides is 1. The second kappa shape index (κ2) is 7.90. The molecule has 0 unspecified atom stereocenters. The first-order valence-electron chi connectivity index (χ1n) is 8.26. The monoisotopic (exact) mass is 332 g/mol. The van der Waals surface area contributed by atoms with E-state index in [-0.39, 0.29) is 25.0 Å². The third-order valence-corrected chi connectivity index (χ3v) is 4.15. The lowest BCUT2D eigenvalue weighted by Gasteiger charge is -2.22. The molecule has 1 amide bonds. The molecule has 1 aliphatic carbocycles. The standard InChI is InChI=1S/C17H21FN4O2/c18-16-9-5-4-6-13(16)10-22-11-15(20-21-22)12-24-17(23)19-14-7-2-1-3-8-14/h4-6,9,11,14H,1-3,7-8,10,12H2,(H,19,23). The van der Waals surface area contributed by atoms with Crippen molar-refractivity contribution in [2.45, 2.75) is 51.3 Å². The highest BCUT2D eigenvalue weighted by atomic mass is 19.1. The van der Waals surface area contributed by atoms with E-state index in [1.54, 1.807) is 24.4 Å². The van der Waals surface area contributed by atoms with Gasteiger partial charge in [0.25, 0.3) is 0 Å². The molecule has 1 aromatic heterocycles. The zero-order valence-electron chi connectivity index (χ0n) is 13.4. The van der Waals surface area contributed by atoms with Crippen molar-refractivity contribution in [3.63, 3.8) is 0 Å². The van der Waals surface area contributed by atoms with E-state index in [2.05, 4.69) is 15.6 Å². The van der Waals surface area contributed by atoms with E-state index in [0.717, 1.165) is 25.7 Å². The highest BCUT2D eigenvalue weighted by molar-refractivity contribution is 5.67. The van der Waals surface area contributed by atoms with E-state index >= 15 is 0 Å². The molecule has 0 saturated heterocycles. The maximum atomic E-state index is 13.6. The van der Waals surface area contributed by atoms with E-state index in [1.165, 1.54) is 17.2 Å². The van der Waals surface area contributed by atoms with Crippen LogP contribution in [0.5, 0.6) is 0 Å². The Kier molecular flexibility index (Phi) is 5.40. The highest BCUT2D eigenvalue weighted by Gasteiger charge is 2.16. The van der Waals surface area contributed by atoms with Gasteiger partial charge in [0.2, 0.25) is 0 Å². The van der Waals surface area contributed by atoms with Crippen molar-refractivity contribution in [3.8, 4) is 0 Å². The third-order valence-electron chi connectivity index (χ3n) is 4.15. The number of carbonyl (C=O) groups is 1. The lowest BCUT2D eigenvalue weighted by Crippen LogP contribution is -2.36. The number of hydrogen-bond donors (Lipinski definition) is 1. The molecule has 1 saturated carbocycles. The van der Waals surface area contributed by atoms with Crippen LogP contribution < -0.4 is 5.32 Å². The van der Waals surface area contributed by atoms with E-state index in [0.29, 0.717) is 11.3 Å². The number of nitrogens with zero attached hydrogens (tertiary/aromatic N) is 3. The number of carbonyl (C=O) groups excluding carboxylic acids is 1. The lowest BCUT2D eigenvalue weighted by molar-refractivity contribution is 0.131. The Morgan fingerprint density at radius 2 is 2.08 bits per heavy atom. The molecule has 1 N–H and O–H groups in total. The Bertz CT molecular complexity index is 683. The van der Waals surface area contributed by atoms with Gasteiger partial charge in [0.05, 0.1) is 12.7 Å². The number of ether oxygens (including phenoxy) is 1. The lowest BCUT2D eigenvalue weighted by atomic mass is 9.96. The maximum Gasteiger partial charge on any atom is 0.407 e. The van der Waals surface area contributed by atoms with Gasteiger partial charge in [-0.3, -0.25) is 0 Å². The van der Waals surface area contributed by atoms with Crippen molar-refractivity contribution in [3.05, 3.63) is 47.5 Å². The summed E-state index contributed by atoms with van der Waals surface area (Å²) in [5, 5.41) is 10.8. The van der Waals surface area contributed by atoms with Gasteiger partial charge in [0.15, 0.2) is 0 Å². The summed E-state index contributed by atoms with van der Waals surface area (Å²) >= 11 is 0. The zero-order valence-corrected chi connectivity index (χ0v) is 13.4. The SMILES string of the molecule is O=C(NC1CCCCC1)OCc1cn(Cc2ccccc2F)nn1. The predicted octanol–water partition coefficient (Wildman–Crippen LogP) is 3.02. The van der Waals surface area contributed by atoms with Crippen LogP contribution in [0.3, 0.4) is 0 Å². The number of benzene rings is 1. The molecule has 0 radical (unpaired) electrons. The van der Waals surface area contributed by atoms with Crippen LogP contribution in [0.2, 0.25) is 0 Å². The fraction of sp³-hybridized carbons (Fsp3) is 0.471. The summed E-state index contributed by atoms with van der Waals surface area (Å²) in [4.78, 5) is 11.8. The molecule has 24 heavy (non-hydrogen) atoms. The van der Waals surface area contributed by atoms with Crippen molar-refractivity contribution in [1.82, 2.24) is 20.3 Å². The Labute approximate surface area is 140 Å². The summed E-state index contributed by atoms with van der Waals surface area (Å²) in [5.41, 5.74) is 1.06. The van der Waals surface area contributed by atoms with Crippen LogP contribution in [0.4, 0.5) is 9.18 Å². The summed E-state index contributed by atoms with van der Waals surface area (Å²) in [5.74, 6) is -0.280. The topological polar surface area (TPSA) is 69.0 Å². The average Bonchev–Trinajstić information content (AvgIpc) is 3.04. The minimum absolute atomic E-state index is 0.0514. The molecule has 0 bridgehead atoms. The molecule has 7 heteroatoms. The van der Waals surface area contributed by atoms with Gasteiger partial charge in [-0.15, -0.1) is 5.10 Å². The van der Waals surface area contributed by atoms with Crippen molar-refractivity contribution >= 4 is 6.09 Å². The number of hydrogen-bond acceptors (Lipinski definition) is 4. The molecule has 3 rings (SSSR count). The molecule has 0 aliphatic heterocycles. The van der Waals surface area contributed by atoms with Gasteiger partial charge < -0.3 is 10.1 Å². The number of nitrogens with one attached hydrogen (secondary N) is 1. The molecule has 1 aliphatic rings. The third kappa shape index (κ3) is 4.53. The quantitative estimate of drug-likeness (QED) is 0.914. The second-order valence-corrected chi connectivity index (χ2v) is 6.05. The van der Waals surface area contributed by atoms with Crippen LogP contribution in [0, 0.1) is 5.82 Å². The molecule has 6 nitrogen and oxygen atoms in total. The Hall–Kier alpha value is -2.44. The Morgan fingerprint density at radius 3 is 2.88 bits per heavy atom. The Balaban J connectivity index is 1.47. The molecule has 1 fully saturated rings. The number of aromatic nitrogens is 3. The fourth-order valence-electron chi connectivity index (χ4n) is 2.88. The molecule has 1 aromatic carbocycles. The van der Waals surface area contributed by atoms with E-state index in [4.69, 9.17) is 4.74 Å². The molecule has 128 valence electrons. The summed E-state index contributed by atoms with van der Waals surface area (Å²) in [7, 11) is 0. The number of alkyl carbamates (subject to hydrolysis) is 1. The van der Waals surface area contributed by atoms with E-state index < -0.39 is 6.09 Å². The minimum atomic E-state index is -0.425. The molecular formula is C17H21FN4O2. The van der Waals surface area contributed by atoms with Gasteiger partial charge >= 0.3 is 6.09 Å². The van der Waals surface area contributed by atoms with Gasteiger partial charge in [0, 0.05) is 11.6 Å². The zero-order chi connectivity index (χ0) is 16.8. The van der Waals surface area contributed by atoms with Crippen molar-refractivity contribution in [2.24, 2.45) is 0 Å². The Morgan fingerprint density at radius 1 is 1.29 bits per heavy atom. The minimum Gasteiger partial charge on any atom is -0.443 e. The smallest absolute Gasteiger partial charge is 0.407 e. The fourth-order valence-corrected chi connectivity index (χ4v) is 2.88. The van der Waals surface area contributed by atoms with Crippen molar-refractivity contribution in [2.75, 3.05) is 0 Å². The van der Waals surface area contributed by atoms with Gasteiger partial charge in [-0.25, -0.2) is 13.9 Å². The van der Waals surface area contributed by atoms with Gasteiger partial charge in [-0.2, -0.15) is 0 Å². The summed E-state index contributed by atoms with van der Waals surface area (Å²) in [6.45, 7) is 0.337. The summed E-state index contributed by atoms with van der Waals surface area (Å²) in [6.07, 6.45) is 6.77.